The highest BCUT2D eigenvalue weighted by atomic mass is 32.2. The number of sulfonamides is 1. The van der Waals surface area contributed by atoms with Gasteiger partial charge in [0.15, 0.2) is 12.4 Å². The smallest absolute Gasteiger partial charge is 0.355 e. The van der Waals surface area contributed by atoms with Crippen molar-refractivity contribution in [1.82, 2.24) is 9.29 Å². The summed E-state index contributed by atoms with van der Waals surface area (Å²) in [7, 11) is -1.49. The Labute approximate surface area is 146 Å². The summed E-state index contributed by atoms with van der Waals surface area (Å²) in [5, 5.41) is 0. The highest BCUT2D eigenvalue weighted by molar-refractivity contribution is 7.88. The van der Waals surface area contributed by atoms with Crippen LogP contribution in [-0.2, 0) is 28.2 Å². The van der Waals surface area contributed by atoms with Crippen LogP contribution in [0, 0.1) is 0 Å². The molecule has 8 heteroatoms. The van der Waals surface area contributed by atoms with Gasteiger partial charge in [-0.2, -0.15) is 0 Å². The number of benzene rings is 1. The minimum Gasteiger partial charge on any atom is -0.453 e. The number of esters is 1. The molecule has 0 amide bonds. The molecular weight excluding hydrogens is 344 g/mol. The van der Waals surface area contributed by atoms with Gasteiger partial charge in [-0.1, -0.05) is 24.3 Å². The molecule has 7 nitrogen and oxygen atoms in total. The summed E-state index contributed by atoms with van der Waals surface area (Å²) in [4.78, 5) is 23.9. The maximum atomic E-state index is 12.1. The number of rotatable bonds is 8. The predicted octanol–water partition coefficient (Wildman–Crippen LogP) is 1.16. The molecule has 0 saturated carbocycles. The Morgan fingerprint density at radius 2 is 1.84 bits per heavy atom. The van der Waals surface area contributed by atoms with Gasteiger partial charge in [-0.3, -0.25) is 4.79 Å². The maximum absolute atomic E-state index is 12.1. The van der Waals surface area contributed by atoms with Gasteiger partial charge in [-0.25, -0.2) is 17.9 Å². The highest BCUT2D eigenvalue weighted by Gasteiger charge is 2.13. The van der Waals surface area contributed by atoms with Crippen LogP contribution < -0.4 is 4.72 Å². The second-order valence-electron chi connectivity index (χ2n) is 5.62. The fourth-order valence-corrected chi connectivity index (χ4v) is 2.67. The number of hydrogen-bond acceptors (Lipinski definition) is 5. The lowest BCUT2D eigenvalue weighted by molar-refractivity contribution is 0.0465. The number of ether oxygens (including phenoxy) is 1. The maximum Gasteiger partial charge on any atom is 0.355 e. The van der Waals surface area contributed by atoms with E-state index in [4.69, 9.17) is 4.74 Å². The first-order valence-electron chi connectivity index (χ1n) is 7.61. The Morgan fingerprint density at radius 3 is 2.40 bits per heavy atom. The molecule has 25 heavy (non-hydrogen) atoms. The lowest BCUT2D eigenvalue weighted by Crippen LogP contribution is -2.24. The second-order valence-corrected chi connectivity index (χ2v) is 7.45. The molecule has 0 fully saturated rings. The first kappa shape index (κ1) is 18.9. The summed E-state index contributed by atoms with van der Waals surface area (Å²) in [6.07, 6.45) is 3.34. The molecule has 1 N–H and O–H groups in total. The van der Waals surface area contributed by atoms with E-state index in [2.05, 4.69) is 4.72 Å². The van der Waals surface area contributed by atoms with Crippen LogP contribution in [-0.4, -0.2) is 44.1 Å². The topological polar surface area (TPSA) is 94.5 Å². The average molecular weight is 364 g/mol. The van der Waals surface area contributed by atoms with Crippen LogP contribution in [0.4, 0.5) is 0 Å². The summed E-state index contributed by atoms with van der Waals surface area (Å²) >= 11 is 0. The van der Waals surface area contributed by atoms with Gasteiger partial charge in [-0.05, 0) is 24.1 Å². The molecule has 0 saturated heterocycles. The van der Waals surface area contributed by atoms with Crippen molar-refractivity contribution in [2.24, 2.45) is 7.05 Å². The zero-order valence-corrected chi connectivity index (χ0v) is 14.9. The summed E-state index contributed by atoms with van der Waals surface area (Å²) in [6.45, 7) is -0.0423. The van der Waals surface area contributed by atoms with Crippen molar-refractivity contribution in [3.63, 3.8) is 0 Å². The lowest BCUT2D eigenvalue weighted by Gasteiger charge is -2.06. The fourth-order valence-electron chi connectivity index (χ4n) is 2.20. The van der Waals surface area contributed by atoms with Crippen molar-refractivity contribution in [3.8, 4) is 0 Å². The summed E-state index contributed by atoms with van der Waals surface area (Å²) in [5.74, 6) is -0.854. The molecule has 1 aromatic carbocycles. The molecule has 0 aliphatic heterocycles. The van der Waals surface area contributed by atoms with Crippen LogP contribution in [0.3, 0.4) is 0 Å². The van der Waals surface area contributed by atoms with E-state index < -0.39 is 16.0 Å². The third kappa shape index (κ3) is 5.84. The Morgan fingerprint density at radius 1 is 1.16 bits per heavy atom. The number of aryl methyl sites for hydroxylation is 1. The molecule has 2 aromatic rings. The van der Waals surface area contributed by atoms with E-state index in [0.717, 1.165) is 11.8 Å². The third-order valence-corrected chi connectivity index (χ3v) is 4.27. The first-order chi connectivity index (χ1) is 11.8. The van der Waals surface area contributed by atoms with Crippen LogP contribution in [0.15, 0.2) is 42.6 Å². The van der Waals surface area contributed by atoms with E-state index in [1.54, 1.807) is 54.2 Å². The van der Waals surface area contributed by atoms with Crippen molar-refractivity contribution in [2.45, 2.75) is 6.42 Å². The molecule has 0 atom stereocenters. The molecule has 0 spiro atoms. The number of carbonyl (C=O) groups is 2. The van der Waals surface area contributed by atoms with Crippen LogP contribution in [0.25, 0.3) is 0 Å². The minimum atomic E-state index is -3.21. The number of ketones is 1. The molecule has 1 heterocycles. The van der Waals surface area contributed by atoms with Gasteiger partial charge in [0.1, 0.15) is 5.69 Å². The highest BCUT2D eigenvalue weighted by Crippen LogP contribution is 2.08. The quantitative estimate of drug-likeness (QED) is 0.560. The zero-order chi connectivity index (χ0) is 18.4. The summed E-state index contributed by atoms with van der Waals surface area (Å²) in [5.41, 5.74) is 1.70. The van der Waals surface area contributed by atoms with Crippen LogP contribution >= 0.6 is 0 Å². The van der Waals surface area contributed by atoms with E-state index in [-0.39, 0.29) is 12.4 Å². The van der Waals surface area contributed by atoms with Crippen molar-refractivity contribution >= 4 is 21.8 Å². The third-order valence-electron chi connectivity index (χ3n) is 3.54. The van der Waals surface area contributed by atoms with Gasteiger partial charge in [0.2, 0.25) is 10.0 Å². The predicted molar refractivity (Wildman–Crippen MR) is 93.0 cm³/mol. The van der Waals surface area contributed by atoms with Crippen molar-refractivity contribution in [2.75, 3.05) is 19.4 Å². The molecule has 0 aliphatic carbocycles. The number of Topliss-reactive ketones (excluding diaryl/α,β-unsaturated/α-hetero) is 1. The first-order valence-corrected chi connectivity index (χ1v) is 9.50. The van der Waals surface area contributed by atoms with Gasteiger partial charge in [0.05, 0.1) is 6.26 Å². The molecule has 0 radical (unpaired) electrons. The Hall–Kier alpha value is -2.45. The van der Waals surface area contributed by atoms with Gasteiger partial charge in [0.25, 0.3) is 0 Å². The minimum absolute atomic E-state index is 0.292. The second kappa shape index (κ2) is 8.09. The fraction of sp³-hybridized carbons (Fsp3) is 0.294. The Kier molecular flexibility index (Phi) is 6.11. The van der Waals surface area contributed by atoms with E-state index in [1.807, 2.05) is 0 Å². The largest absolute Gasteiger partial charge is 0.453 e. The van der Waals surface area contributed by atoms with Crippen LogP contribution in [0.1, 0.15) is 26.4 Å². The van der Waals surface area contributed by atoms with Gasteiger partial charge in [0, 0.05) is 25.4 Å². The average Bonchev–Trinajstić information content (AvgIpc) is 2.98. The Balaban J connectivity index is 1.86. The Bertz CT molecular complexity index is 853. The molecule has 0 unspecified atom stereocenters. The van der Waals surface area contributed by atoms with E-state index in [0.29, 0.717) is 24.2 Å². The molecule has 1 aromatic heterocycles. The summed E-state index contributed by atoms with van der Waals surface area (Å²) < 4.78 is 31.1. The normalized spacial score (nSPS) is 11.3. The zero-order valence-electron chi connectivity index (χ0n) is 14.1. The van der Waals surface area contributed by atoms with Gasteiger partial charge < -0.3 is 9.30 Å². The van der Waals surface area contributed by atoms with E-state index in [9.17, 15) is 18.0 Å². The van der Waals surface area contributed by atoms with Gasteiger partial charge >= 0.3 is 5.97 Å². The summed E-state index contributed by atoms with van der Waals surface area (Å²) in [6, 6.07) is 10.1. The molecular formula is C17H20N2O5S. The lowest BCUT2D eigenvalue weighted by atomic mass is 10.1. The number of nitrogens with one attached hydrogen (secondary N) is 1. The van der Waals surface area contributed by atoms with Crippen LogP contribution in [0.5, 0.6) is 0 Å². The van der Waals surface area contributed by atoms with E-state index in [1.165, 1.54) is 0 Å². The van der Waals surface area contributed by atoms with Crippen molar-refractivity contribution < 1.29 is 22.7 Å². The monoisotopic (exact) mass is 364 g/mol. The molecule has 0 aliphatic rings. The van der Waals surface area contributed by atoms with Crippen LogP contribution in [0.2, 0.25) is 0 Å². The van der Waals surface area contributed by atoms with Gasteiger partial charge in [-0.15, -0.1) is 0 Å². The molecule has 2 rings (SSSR count). The molecule has 134 valence electrons. The number of aromatic nitrogens is 1. The SMILES string of the molecule is Cn1cccc1C(=O)OCC(=O)c1ccc(CCNS(C)(=O)=O)cc1. The number of carbonyl (C=O) groups excluding carboxylic acids is 2. The number of hydrogen-bond donors (Lipinski definition) is 1. The van der Waals surface area contributed by atoms with Crippen molar-refractivity contribution in [3.05, 3.63) is 59.4 Å². The van der Waals surface area contributed by atoms with Crippen molar-refractivity contribution in [1.29, 1.82) is 0 Å². The number of nitrogens with zero attached hydrogens (tertiary/aromatic N) is 1. The standard InChI is InChI=1S/C17H20N2O5S/c1-19-11-3-4-15(19)17(21)24-12-16(20)14-7-5-13(6-8-14)9-10-18-25(2,22)23/h3-8,11,18H,9-10,12H2,1-2H3. The van der Waals surface area contributed by atoms with E-state index >= 15 is 0 Å². The molecule has 0 bridgehead atoms.